The molecule has 0 atom stereocenters. The van der Waals surface area contributed by atoms with Crippen LogP contribution in [0, 0.1) is 5.92 Å². The first kappa shape index (κ1) is 17.0. The van der Waals surface area contributed by atoms with Crippen LogP contribution in [-0.2, 0) is 9.53 Å². The van der Waals surface area contributed by atoms with Crippen molar-refractivity contribution in [2.45, 2.75) is 64.4 Å². The molecule has 1 aliphatic rings. The number of esters is 1. The standard InChI is InChI=1S/C19H25N5O2/c1-19(2,3)26-15(25)10-12-4-6-13(7-5-12)16-17-14-8-9-20-18(14)21-11-24(17)23-22-16/h8-9,11-13,20H,4-7,10H2,1-3H3. The van der Waals surface area contributed by atoms with E-state index in [1.807, 2.05) is 33.0 Å². The molecule has 0 aliphatic heterocycles. The van der Waals surface area contributed by atoms with Gasteiger partial charge in [0.15, 0.2) is 0 Å². The Balaban J connectivity index is 1.46. The topological polar surface area (TPSA) is 85.2 Å². The minimum absolute atomic E-state index is 0.0878. The van der Waals surface area contributed by atoms with Crippen molar-refractivity contribution in [3.05, 3.63) is 24.3 Å². The van der Waals surface area contributed by atoms with Crippen LogP contribution < -0.4 is 0 Å². The summed E-state index contributed by atoms with van der Waals surface area (Å²) in [5, 5.41) is 9.76. The Bertz CT molecular complexity index is 928. The van der Waals surface area contributed by atoms with Gasteiger partial charge in [-0.2, -0.15) is 0 Å². The third-order valence-electron chi connectivity index (χ3n) is 5.11. The van der Waals surface area contributed by atoms with Gasteiger partial charge in [0.2, 0.25) is 0 Å². The average Bonchev–Trinajstić information content (AvgIpc) is 3.19. The Morgan fingerprint density at radius 1 is 1.31 bits per heavy atom. The summed E-state index contributed by atoms with van der Waals surface area (Å²) in [6, 6.07) is 2.03. The lowest BCUT2D eigenvalue weighted by atomic mass is 9.79. The zero-order valence-electron chi connectivity index (χ0n) is 15.5. The Kier molecular flexibility index (Phi) is 4.17. The van der Waals surface area contributed by atoms with Gasteiger partial charge in [-0.1, -0.05) is 5.21 Å². The fraction of sp³-hybridized carbons (Fsp3) is 0.579. The number of carbonyl (C=O) groups is 1. The molecule has 1 N–H and O–H groups in total. The Morgan fingerprint density at radius 2 is 2.08 bits per heavy atom. The summed E-state index contributed by atoms with van der Waals surface area (Å²) in [6.45, 7) is 5.74. The molecule has 3 aromatic heterocycles. The number of rotatable bonds is 3. The van der Waals surface area contributed by atoms with Gasteiger partial charge in [-0.05, 0) is 58.4 Å². The predicted molar refractivity (Wildman–Crippen MR) is 97.8 cm³/mol. The van der Waals surface area contributed by atoms with Gasteiger partial charge in [0.25, 0.3) is 0 Å². The number of aromatic amines is 1. The van der Waals surface area contributed by atoms with Gasteiger partial charge in [0.1, 0.15) is 23.1 Å². The third-order valence-corrected chi connectivity index (χ3v) is 5.11. The second kappa shape index (κ2) is 6.37. The lowest BCUT2D eigenvalue weighted by Gasteiger charge is -2.28. The maximum atomic E-state index is 12.1. The first-order valence-electron chi connectivity index (χ1n) is 9.29. The highest BCUT2D eigenvalue weighted by Gasteiger charge is 2.29. The molecule has 0 spiro atoms. The van der Waals surface area contributed by atoms with E-state index in [0.29, 0.717) is 18.3 Å². The number of nitrogens with one attached hydrogen (secondary N) is 1. The van der Waals surface area contributed by atoms with Crippen LogP contribution >= 0.6 is 0 Å². The Labute approximate surface area is 152 Å². The summed E-state index contributed by atoms with van der Waals surface area (Å²) in [4.78, 5) is 19.6. The number of ether oxygens (including phenoxy) is 1. The van der Waals surface area contributed by atoms with Crippen LogP contribution in [0.4, 0.5) is 0 Å². The number of hydrogen-bond donors (Lipinski definition) is 1. The summed E-state index contributed by atoms with van der Waals surface area (Å²) < 4.78 is 7.22. The van der Waals surface area contributed by atoms with Crippen molar-refractivity contribution in [3.63, 3.8) is 0 Å². The molecule has 0 radical (unpaired) electrons. The minimum Gasteiger partial charge on any atom is -0.460 e. The maximum absolute atomic E-state index is 12.1. The number of nitrogens with zero attached hydrogens (tertiary/aromatic N) is 4. The van der Waals surface area contributed by atoms with Gasteiger partial charge < -0.3 is 9.72 Å². The largest absolute Gasteiger partial charge is 0.460 e. The number of fused-ring (bicyclic) bond motifs is 3. The fourth-order valence-electron chi connectivity index (χ4n) is 3.95. The molecule has 26 heavy (non-hydrogen) atoms. The molecule has 1 fully saturated rings. The van der Waals surface area contributed by atoms with Crippen molar-refractivity contribution < 1.29 is 9.53 Å². The highest BCUT2D eigenvalue weighted by Crippen LogP contribution is 2.38. The molecule has 1 saturated carbocycles. The molecule has 7 heteroatoms. The van der Waals surface area contributed by atoms with Crippen molar-refractivity contribution >= 4 is 22.5 Å². The second-order valence-corrected chi connectivity index (χ2v) is 8.26. The monoisotopic (exact) mass is 355 g/mol. The molecule has 0 bridgehead atoms. The van der Waals surface area contributed by atoms with E-state index in [0.717, 1.165) is 47.9 Å². The van der Waals surface area contributed by atoms with Gasteiger partial charge in [0, 0.05) is 23.9 Å². The van der Waals surface area contributed by atoms with E-state index in [-0.39, 0.29) is 5.97 Å². The molecule has 0 aromatic carbocycles. The van der Waals surface area contributed by atoms with Crippen molar-refractivity contribution in [1.82, 2.24) is 24.8 Å². The van der Waals surface area contributed by atoms with E-state index in [2.05, 4.69) is 20.3 Å². The van der Waals surface area contributed by atoms with E-state index in [1.54, 1.807) is 10.8 Å². The van der Waals surface area contributed by atoms with Crippen molar-refractivity contribution in [2.24, 2.45) is 5.92 Å². The molecule has 7 nitrogen and oxygen atoms in total. The van der Waals surface area contributed by atoms with E-state index < -0.39 is 5.60 Å². The first-order valence-corrected chi connectivity index (χ1v) is 9.29. The summed E-state index contributed by atoms with van der Waals surface area (Å²) >= 11 is 0. The van der Waals surface area contributed by atoms with Crippen molar-refractivity contribution in [2.75, 3.05) is 0 Å². The summed E-state index contributed by atoms with van der Waals surface area (Å²) in [7, 11) is 0. The smallest absolute Gasteiger partial charge is 0.306 e. The zero-order valence-corrected chi connectivity index (χ0v) is 15.5. The molecule has 0 amide bonds. The highest BCUT2D eigenvalue weighted by molar-refractivity contribution is 5.92. The fourth-order valence-corrected chi connectivity index (χ4v) is 3.95. The maximum Gasteiger partial charge on any atom is 0.306 e. The minimum atomic E-state index is -0.411. The Hall–Kier alpha value is -2.44. The van der Waals surface area contributed by atoms with Crippen LogP contribution in [0.3, 0.4) is 0 Å². The zero-order chi connectivity index (χ0) is 18.3. The van der Waals surface area contributed by atoms with Crippen LogP contribution in [-0.4, -0.2) is 36.4 Å². The first-order chi connectivity index (χ1) is 12.4. The van der Waals surface area contributed by atoms with Gasteiger partial charge in [-0.15, -0.1) is 5.10 Å². The van der Waals surface area contributed by atoms with Gasteiger partial charge in [0.05, 0.1) is 5.69 Å². The second-order valence-electron chi connectivity index (χ2n) is 8.26. The van der Waals surface area contributed by atoms with E-state index in [9.17, 15) is 4.79 Å². The van der Waals surface area contributed by atoms with Crippen molar-refractivity contribution in [3.8, 4) is 0 Å². The number of carbonyl (C=O) groups excluding carboxylic acids is 1. The van der Waals surface area contributed by atoms with Crippen molar-refractivity contribution in [1.29, 1.82) is 0 Å². The molecule has 3 heterocycles. The van der Waals surface area contributed by atoms with Crippen LogP contribution in [0.25, 0.3) is 16.6 Å². The number of H-pyrrole nitrogens is 1. The summed E-state index contributed by atoms with van der Waals surface area (Å²) in [5.74, 6) is 0.690. The van der Waals surface area contributed by atoms with Crippen LogP contribution in [0.1, 0.15) is 64.5 Å². The van der Waals surface area contributed by atoms with E-state index in [4.69, 9.17) is 4.74 Å². The lowest BCUT2D eigenvalue weighted by Crippen LogP contribution is -2.26. The molecule has 0 saturated heterocycles. The number of aromatic nitrogens is 5. The molecule has 0 unspecified atom stereocenters. The van der Waals surface area contributed by atoms with E-state index >= 15 is 0 Å². The SMILES string of the molecule is CC(C)(C)OC(=O)CC1CCC(c2nnn3cnc4[nH]ccc4c23)CC1. The molecular weight excluding hydrogens is 330 g/mol. The van der Waals surface area contributed by atoms with Gasteiger partial charge in [-0.25, -0.2) is 9.50 Å². The molecule has 3 aromatic rings. The van der Waals surface area contributed by atoms with Gasteiger partial charge >= 0.3 is 5.97 Å². The summed E-state index contributed by atoms with van der Waals surface area (Å²) in [5.41, 5.74) is 2.55. The number of hydrogen-bond acceptors (Lipinski definition) is 5. The van der Waals surface area contributed by atoms with E-state index in [1.165, 1.54) is 0 Å². The molecule has 4 rings (SSSR count). The third kappa shape index (κ3) is 3.30. The van der Waals surface area contributed by atoms with Crippen LogP contribution in [0.5, 0.6) is 0 Å². The quantitative estimate of drug-likeness (QED) is 0.725. The molecule has 1 aliphatic carbocycles. The molecule has 138 valence electrons. The Morgan fingerprint density at radius 3 is 2.81 bits per heavy atom. The van der Waals surface area contributed by atoms with Gasteiger partial charge in [-0.3, -0.25) is 4.79 Å². The van der Waals surface area contributed by atoms with Crippen LogP contribution in [0.15, 0.2) is 18.6 Å². The average molecular weight is 355 g/mol. The highest BCUT2D eigenvalue weighted by atomic mass is 16.6. The molecular formula is C19H25N5O2. The normalized spacial score (nSPS) is 21.3. The summed E-state index contributed by atoms with van der Waals surface area (Å²) in [6.07, 6.45) is 8.20. The van der Waals surface area contributed by atoms with Crippen LogP contribution in [0.2, 0.25) is 0 Å². The lowest BCUT2D eigenvalue weighted by molar-refractivity contribution is -0.156. The predicted octanol–water partition coefficient (Wildman–Crippen LogP) is 3.61.